The van der Waals surface area contributed by atoms with Crippen molar-refractivity contribution < 1.29 is 0 Å². The molecule has 3 N–H and O–H groups in total. The number of nitrogens with one attached hydrogen (secondary N) is 3. The molecule has 0 atom stereocenters. The highest BCUT2D eigenvalue weighted by atomic mass is 16.2. The van der Waals surface area contributed by atoms with Gasteiger partial charge in [-0.1, -0.05) is 0 Å². The van der Waals surface area contributed by atoms with Crippen molar-refractivity contribution in [2.75, 3.05) is 0 Å². The quantitative estimate of drug-likeness (QED) is 0.433. The van der Waals surface area contributed by atoms with Crippen LogP contribution in [0.5, 0.6) is 0 Å². The van der Waals surface area contributed by atoms with E-state index in [1.165, 1.54) is 0 Å². The summed E-state index contributed by atoms with van der Waals surface area (Å²) in [4.78, 5) is 31.0. The van der Waals surface area contributed by atoms with Gasteiger partial charge in [0.1, 0.15) is 11.0 Å². The Labute approximate surface area is 75.4 Å². The topological polar surface area (TPSA) is 98.8 Å². The Hall–Kier alpha value is -2.31. The molecule has 0 saturated heterocycles. The first kappa shape index (κ1) is 7.13. The Bertz CT molecular complexity index is 728. The minimum Gasteiger partial charge on any atom is -0.292 e. The minimum atomic E-state index is -0.535. The summed E-state index contributed by atoms with van der Waals surface area (Å²) in [5.74, 6) is 0. The highest BCUT2D eigenvalue weighted by Gasteiger charge is 2.09. The third-order valence-electron chi connectivity index (χ3n) is 2.04. The maximum absolute atomic E-state index is 11.4. The van der Waals surface area contributed by atoms with Crippen LogP contribution in [0.25, 0.3) is 16.7 Å². The monoisotopic (exact) mass is 191 g/mol. The lowest BCUT2D eigenvalue weighted by molar-refractivity contribution is 0.971. The first-order valence-corrected chi connectivity index (χ1v) is 3.93. The van der Waals surface area contributed by atoms with Crippen molar-refractivity contribution in [1.82, 2.24) is 24.6 Å². The molecule has 0 unspecified atom stereocenters. The van der Waals surface area contributed by atoms with Crippen molar-refractivity contribution >= 4 is 16.7 Å². The number of H-pyrrole nitrogens is 3. The molecule has 3 rings (SSSR count). The fraction of sp³-hybridized carbons (Fsp3) is 0. The van der Waals surface area contributed by atoms with E-state index in [-0.39, 0.29) is 0 Å². The highest BCUT2D eigenvalue weighted by Crippen LogP contribution is 2.08. The Kier molecular flexibility index (Phi) is 1.09. The van der Waals surface area contributed by atoms with Gasteiger partial charge < -0.3 is 0 Å². The van der Waals surface area contributed by atoms with Gasteiger partial charge in [-0.2, -0.15) is 0 Å². The van der Waals surface area contributed by atoms with Crippen molar-refractivity contribution in [2.24, 2.45) is 0 Å². The Morgan fingerprint density at radius 1 is 1.29 bits per heavy atom. The van der Waals surface area contributed by atoms with Gasteiger partial charge in [0.25, 0.3) is 5.56 Å². The van der Waals surface area contributed by atoms with Crippen LogP contribution in [0.15, 0.2) is 22.0 Å². The minimum absolute atomic E-state index is 0.356. The first-order chi connectivity index (χ1) is 6.75. The van der Waals surface area contributed by atoms with E-state index in [0.717, 1.165) is 0 Å². The second kappa shape index (κ2) is 2.13. The predicted octanol–water partition coefficient (Wildman–Crippen LogP) is -0.808. The van der Waals surface area contributed by atoms with Crippen LogP contribution in [-0.2, 0) is 0 Å². The SMILES string of the molecule is O=c1[nH]c(=O)c2c([nH]1)[nH]n1ccnc21. The number of aromatic nitrogens is 5. The first-order valence-electron chi connectivity index (χ1n) is 3.93. The molecule has 0 amide bonds. The third kappa shape index (κ3) is 0.729. The molecule has 3 heterocycles. The highest BCUT2D eigenvalue weighted by molar-refractivity contribution is 5.88. The fourth-order valence-electron chi connectivity index (χ4n) is 1.48. The molecule has 0 bridgehead atoms. The van der Waals surface area contributed by atoms with Gasteiger partial charge in [0, 0.05) is 12.4 Å². The van der Waals surface area contributed by atoms with Crippen LogP contribution in [0.2, 0.25) is 0 Å². The lowest BCUT2D eigenvalue weighted by atomic mass is 10.4. The summed E-state index contributed by atoms with van der Waals surface area (Å²) in [6, 6.07) is 0. The molecule has 0 aliphatic rings. The molecule has 0 fully saturated rings. The van der Waals surface area contributed by atoms with E-state index in [2.05, 4.69) is 20.1 Å². The predicted molar refractivity (Wildman–Crippen MR) is 48.3 cm³/mol. The normalized spacial score (nSPS) is 11.4. The molecule has 3 aromatic rings. The van der Waals surface area contributed by atoms with Crippen molar-refractivity contribution in [3.63, 3.8) is 0 Å². The molecule has 0 radical (unpaired) electrons. The average Bonchev–Trinajstić information content (AvgIpc) is 2.60. The molecule has 0 aliphatic carbocycles. The van der Waals surface area contributed by atoms with Gasteiger partial charge in [-0.05, 0) is 0 Å². The largest absolute Gasteiger partial charge is 0.327 e. The zero-order valence-electron chi connectivity index (χ0n) is 6.87. The second-order valence-electron chi connectivity index (χ2n) is 2.89. The summed E-state index contributed by atoms with van der Waals surface area (Å²) in [7, 11) is 0. The molecule has 7 nitrogen and oxygen atoms in total. The van der Waals surface area contributed by atoms with E-state index in [1.54, 1.807) is 16.9 Å². The van der Waals surface area contributed by atoms with E-state index in [9.17, 15) is 9.59 Å². The van der Waals surface area contributed by atoms with Crippen LogP contribution in [0.3, 0.4) is 0 Å². The second-order valence-corrected chi connectivity index (χ2v) is 2.89. The van der Waals surface area contributed by atoms with Crippen LogP contribution >= 0.6 is 0 Å². The van der Waals surface area contributed by atoms with Crippen molar-refractivity contribution in [1.29, 1.82) is 0 Å². The lowest BCUT2D eigenvalue weighted by Crippen LogP contribution is -2.21. The lowest BCUT2D eigenvalue weighted by Gasteiger charge is -1.85. The fourth-order valence-corrected chi connectivity index (χ4v) is 1.48. The maximum atomic E-state index is 11.4. The third-order valence-corrected chi connectivity index (χ3v) is 2.04. The van der Waals surface area contributed by atoms with Crippen LogP contribution in [0.1, 0.15) is 0 Å². The summed E-state index contributed by atoms with van der Waals surface area (Å²) in [6.45, 7) is 0. The summed E-state index contributed by atoms with van der Waals surface area (Å²) < 4.78 is 1.57. The Morgan fingerprint density at radius 2 is 2.14 bits per heavy atom. The zero-order chi connectivity index (χ0) is 9.71. The van der Waals surface area contributed by atoms with Gasteiger partial charge in [0.05, 0.1) is 0 Å². The number of aromatic amines is 3. The van der Waals surface area contributed by atoms with Gasteiger partial charge in [-0.3, -0.25) is 19.9 Å². The maximum Gasteiger partial charge on any atom is 0.327 e. The molecule has 70 valence electrons. The van der Waals surface area contributed by atoms with Crippen LogP contribution in [-0.4, -0.2) is 24.6 Å². The van der Waals surface area contributed by atoms with Gasteiger partial charge in [0.2, 0.25) is 0 Å². The number of rotatable bonds is 0. The van der Waals surface area contributed by atoms with Crippen LogP contribution < -0.4 is 11.2 Å². The van der Waals surface area contributed by atoms with E-state index in [0.29, 0.717) is 16.7 Å². The van der Waals surface area contributed by atoms with E-state index in [1.807, 2.05) is 0 Å². The van der Waals surface area contributed by atoms with Crippen LogP contribution in [0.4, 0.5) is 0 Å². The molecule has 7 heteroatoms. The van der Waals surface area contributed by atoms with Crippen molar-refractivity contribution in [3.8, 4) is 0 Å². The molecule has 0 spiro atoms. The number of imidazole rings is 1. The molecule has 3 aromatic heterocycles. The summed E-state index contributed by atoms with van der Waals surface area (Å²) in [5.41, 5.74) is -0.104. The Balaban J connectivity index is 2.76. The molecule has 14 heavy (non-hydrogen) atoms. The van der Waals surface area contributed by atoms with Crippen LogP contribution in [0, 0.1) is 0 Å². The van der Waals surface area contributed by atoms with Crippen molar-refractivity contribution in [2.45, 2.75) is 0 Å². The summed E-state index contributed by atoms with van der Waals surface area (Å²) >= 11 is 0. The van der Waals surface area contributed by atoms with Gasteiger partial charge in [-0.25, -0.2) is 14.3 Å². The molecule has 0 aliphatic heterocycles. The standard InChI is InChI=1S/C7H5N5O2/c13-6-3-4(9-7(14)10-6)11-12-2-1-8-5(3)12/h1-2H,(H3,9,10,11,13,14). The van der Waals surface area contributed by atoms with E-state index < -0.39 is 11.2 Å². The summed E-state index contributed by atoms with van der Waals surface area (Å²) in [5, 5.41) is 3.17. The average molecular weight is 191 g/mol. The molecule has 0 aromatic carbocycles. The van der Waals surface area contributed by atoms with Gasteiger partial charge in [0.15, 0.2) is 5.65 Å². The van der Waals surface area contributed by atoms with Crippen molar-refractivity contribution in [3.05, 3.63) is 33.2 Å². The number of hydrogen-bond donors (Lipinski definition) is 3. The molecular weight excluding hydrogens is 186 g/mol. The number of hydrogen-bond acceptors (Lipinski definition) is 3. The van der Waals surface area contributed by atoms with Gasteiger partial charge in [-0.15, -0.1) is 0 Å². The number of fused-ring (bicyclic) bond motifs is 3. The van der Waals surface area contributed by atoms with Gasteiger partial charge >= 0.3 is 5.69 Å². The molecular formula is C7H5N5O2. The smallest absolute Gasteiger partial charge is 0.292 e. The zero-order valence-corrected chi connectivity index (χ0v) is 6.87. The summed E-state index contributed by atoms with van der Waals surface area (Å²) in [6.07, 6.45) is 3.23. The van der Waals surface area contributed by atoms with E-state index >= 15 is 0 Å². The number of nitrogens with zero attached hydrogens (tertiary/aromatic N) is 2. The van der Waals surface area contributed by atoms with E-state index in [4.69, 9.17) is 0 Å². The molecule has 0 saturated carbocycles. The Morgan fingerprint density at radius 3 is 3.00 bits per heavy atom.